The summed E-state index contributed by atoms with van der Waals surface area (Å²) >= 11 is 0. The molecule has 1 unspecified atom stereocenters. The Morgan fingerprint density at radius 3 is 2.58 bits per heavy atom. The molecule has 1 aliphatic carbocycles. The average molecular weight is 173 g/mol. The molecule has 0 heterocycles. The molecule has 1 saturated carbocycles. The summed E-state index contributed by atoms with van der Waals surface area (Å²) in [6.45, 7) is 2.64. The second-order valence-corrected chi connectivity index (χ2v) is 3.71. The molecule has 1 aliphatic rings. The zero-order chi connectivity index (χ0) is 9.19. The molecule has 0 saturated heterocycles. The first kappa shape index (κ1) is 9.96. The highest BCUT2D eigenvalue weighted by atomic mass is 16.5. The Morgan fingerprint density at radius 2 is 2.25 bits per heavy atom. The van der Waals surface area contributed by atoms with Crippen molar-refractivity contribution >= 4 is 0 Å². The van der Waals surface area contributed by atoms with Gasteiger partial charge in [0.05, 0.1) is 11.7 Å². The summed E-state index contributed by atoms with van der Waals surface area (Å²) in [7, 11) is 1.69. The number of nitrogens with two attached hydrogens (primary N) is 1. The van der Waals surface area contributed by atoms with Crippen LogP contribution in [-0.2, 0) is 4.74 Å². The van der Waals surface area contributed by atoms with Gasteiger partial charge in [-0.2, -0.15) is 0 Å². The van der Waals surface area contributed by atoms with Gasteiger partial charge in [0.15, 0.2) is 0 Å². The summed E-state index contributed by atoms with van der Waals surface area (Å²) in [5.41, 5.74) is 5.03. The Kier molecular flexibility index (Phi) is 3.09. The molecular formula is C9H19NO2. The molecule has 0 amide bonds. The Bertz CT molecular complexity index is 139. The van der Waals surface area contributed by atoms with Gasteiger partial charge in [-0.05, 0) is 18.9 Å². The van der Waals surface area contributed by atoms with Crippen LogP contribution in [0.4, 0.5) is 0 Å². The maximum Gasteiger partial charge on any atom is 0.0737 e. The fourth-order valence-electron chi connectivity index (χ4n) is 1.99. The number of aliphatic hydroxyl groups is 1. The van der Waals surface area contributed by atoms with Crippen LogP contribution in [-0.4, -0.2) is 30.5 Å². The second-order valence-electron chi connectivity index (χ2n) is 3.71. The molecule has 1 fully saturated rings. The molecule has 12 heavy (non-hydrogen) atoms. The summed E-state index contributed by atoms with van der Waals surface area (Å²) in [6.07, 6.45) is 2.69. The minimum Gasteiger partial charge on any atom is -0.389 e. The van der Waals surface area contributed by atoms with Gasteiger partial charge < -0.3 is 15.6 Å². The van der Waals surface area contributed by atoms with Crippen molar-refractivity contribution in [2.45, 2.75) is 37.9 Å². The first-order valence-corrected chi connectivity index (χ1v) is 4.61. The molecule has 3 N–H and O–H groups in total. The summed E-state index contributed by atoms with van der Waals surface area (Å²) < 4.78 is 5.12. The van der Waals surface area contributed by atoms with Crippen molar-refractivity contribution in [3.05, 3.63) is 0 Å². The zero-order valence-electron chi connectivity index (χ0n) is 7.92. The number of methoxy groups -OCH3 is 1. The molecule has 0 bridgehead atoms. The molecule has 0 radical (unpaired) electrons. The van der Waals surface area contributed by atoms with Gasteiger partial charge >= 0.3 is 0 Å². The van der Waals surface area contributed by atoms with E-state index in [1.54, 1.807) is 7.11 Å². The molecule has 0 aromatic heterocycles. The molecule has 3 nitrogen and oxygen atoms in total. The van der Waals surface area contributed by atoms with Crippen molar-refractivity contribution in [3.8, 4) is 0 Å². The molecule has 1 rings (SSSR count). The lowest BCUT2D eigenvalue weighted by Crippen LogP contribution is -2.54. The lowest BCUT2D eigenvalue weighted by Gasteiger charge is -2.47. The van der Waals surface area contributed by atoms with Crippen LogP contribution < -0.4 is 5.73 Å². The van der Waals surface area contributed by atoms with Crippen LogP contribution in [0.3, 0.4) is 0 Å². The largest absolute Gasteiger partial charge is 0.389 e. The van der Waals surface area contributed by atoms with Gasteiger partial charge in [0.25, 0.3) is 0 Å². The van der Waals surface area contributed by atoms with Gasteiger partial charge in [-0.3, -0.25) is 0 Å². The van der Waals surface area contributed by atoms with E-state index in [1.807, 2.05) is 0 Å². The van der Waals surface area contributed by atoms with Gasteiger partial charge in [-0.25, -0.2) is 0 Å². The summed E-state index contributed by atoms with van der Waals surface area (Å²) in [5, 5.41) is 10.0. The SMILES string of the molecule is CCC(CN)C1(O)CC(OC)C1. The van der Waals surface area contributed by atoms with Crippen LogP contribution in [0.25, 0.3) is 0 Å². The maximum atomic E-state index is 10.0. The Balaban J connectivity index is 2.41. The van der Waals surface area contributed by atoms with Crippen LogP contribution in [0.1, 0.15) is 26.2 Å². The molecule has 1 atom stereocenters. The average Bonchev–Trinajstić information content (AvgIpc) is 2.01. The summed E-state index contributed by atoms with van der Waals surface area (Å²) in [6, 6.07) is 0. The van der Waals surface area contributed by atoms with E-state index >= 15 is 0 Å². The van der Waals surface area contributed by atoms with E-state index in [4.69, 9.17) is 10.5 Å². The Morgan fingerprint density at radius 1 is 1.67 bits per heavy atom. The molecule has 72 valence electrons. The minimum absolute atomic E-state index is 0.240. The van der Waals surface area contributed by atoms with E-state index in [1.165, 1.54) is 0 Å². The fourth-order valence-corrected chi connectivity index (χ4v) is 1.99. The fraction of sp³-hybridized carbons (Fsp3) is 1.00. The van der Waals surface area contributed by atoms with Crippen molar-refractivity contribution in [1.82, 2.24) is 0 Å². The standard InChI is InChI=1S/C9H19NO2/c1-3-7(6-10)9(11)4-8(5-9)12-2/h7-8,11H,3-6,10H2,1-2H3. The lowest BCUT2D eigenvalue weighted by molar-refractivity contribution is -0.157. The highest BCUT2D eigenvalue weighted by molar-refractivity contribution is 4.99. The highest BCUT2D eigenvalue weighted by Gasteiger charge is 2.47. The third-order valence-electron chi connectivity index (χ3n) is 3.03. The van der Waals surface area contributed by atoms with Crippen LogP contribution in [0.2, 0.25) is 0 Å². The number of rotatable bonds is 4. The van der Waals surface area contributed by atoms with E-state index < -0.39 is 5.60 Å². The van der Waals surface area contributed by atoms with Crippen molar-refractivity contribution in [2.75, 3.05) is 13.7 Å². The van der Waals surface area contributed by atoms with E-state index in [9.17, 15) is 5.11 Å². The quantitative estimate of drug-likeness (QED) is 0.651. The Hall–Kier alpha value is -0.120. The van der Waals surface area contributed by atoms with E-state index in [-0.39, 0.29) is 12.0 Å². The molecule has 0 aromatic carbocycles. The topological polar surface area (TPSA) is 55.5 Å². The van der Waals surface area contributed by atoms with Crippen molar-refractivity contribution in [1.29, 1.82) is 0 Å². The maximum absolute atomic E-state index is 10.0. The molecule has 0 spiro atoms. The third-order valence-corrected chi connectivity index (χ3v) is 3.03. The van der Waals surface area contributed by atoms with Crippen LogP contribution in [0.15, 0.2) is 0 Å². The molecule has 3 heteroatoms. The second kappa shape index (κ2) is 3.73. The molecule has 0 aromatic rings. The van der Waals surface area contributed by atoms with Crippen LogP contribution >= 0.6 is 0 Å². The molecule has 0 aliphatic heterocycles. The zero-order valence-corrected chi connectivity index (χ0v) is 7.92. The number of hydrogen-bond acceptors (Lipinski definition) is 3. The van der Waals surface area contributed by atoms with Crippen LogP contribution in [0, 0.1) is 5.92 Å². The lowest BCUT2D eigenvalue weighted by atomic mass is 9.68. The van der Waals surface area contributed by atoms with Gasteiger partial charge in [0.2, 0.25) is 0 Å². The Labute approximate surface area is 73.9 Å². The van der Waals surface area contributed by atoms with Gasteiger partial charge in [-0.1, -0.05) is 6.92 Å². The first-order valence-electron chi connectivity index (χ1n) is 4.61. The van der Waals surface area contributed by atoms with E-state index in [2.05, 4.69) is 6.92 Å². The van der Waals surface area contributed by atoms with Crippen LogP contribution in [0.5, 0.6) is 0 Å². The smallest absolute Gasteiger partial charge is 0.0737 e. The predicted molar refractivity (Wildman–Crippen MR) is 47.8 cm³/mol. The van der Waals surface area contributed by atoms with Gasteiger partial charge in [0.1, 0.15) is 0 Å². The third kappa shape index (κ3) is 1.63. The monoisotopic (exact) mass is 173 g/mol. The van der Waals surface area contributed by atoms with E-state index in [0.717, 1.165) is 19.3 Å². The van der Waals surface area contributed by atoms with Crippen molar-refractivity contribution < 1.29 is 9.84 Å². The summed E-state index contributed by atoms with van der Waals surface area (Å²) in [5.74, 6) is 0.240. The molecular weight excluding hydrogens is 154 g/mol. The van der Waals surface area contributed by atoms with Crippen molar-refractivity contribution in [3.63, 3.8) is 0 Å². The number of ether oxygens (including phenoxy) is 1. The summed E-state index contributed by atoms with van der Waals surface area (Å²) in [4.78, 5) is 0. The predicted octanol–water partition coefficient (Wildman–Crippen LogP) is 0.511. The first-order chi connectivity index (χ1) is 5.66. The van der Waals surface area contributed by atoms with E-state index in [0.29, 0.717) is 6.54 Å². The van der Waals surface area contributed by atoms with Gasteiger partial charge in [-0.15, -0.1) is 0 Å². The number of hydrogen-bond donors (Lipinski definition) is 2. The van der Waals surface area contributed by atoms with Gasteiger partial charge in [0, 0.05) is 20.0 Å². The minimum atomic E-state index is -0.538. The highest BCUT2D eigenvalue weighted by Crippen LogP contribution is 2.40. The normalized spacial score (nSPS) is 37.5. The van der Waals surface area contributed by atoms with Crippen molar-refractivity contribution in [2.24, 2.45) is 11.7 Å².